The number of carbonyl (C=O) groups is 2. The third-order valence-electron chi connectivity index (χ3n) is 13.6. The molecule has 0 radical (unpaired) electrons. The number of aromatic amines is 1. The highest BCUT2D eigenvalue weighted by molar-refractivity contribution is 5.95. The summed E-state index contributed by atoms with van der Waals surface area (Å²) in [6, 6.07) is 11.8. The first-order valence-corrected chi connectivity index (χ1v) is 19.3. The fraction of sp³-hybridized carbons (Fsp3) is 0.610. The van der Waals surface area contributed by atoms with Gasteiger partial charge in [0.25, 0.3) is 11.5 Å². The van der Waals surface area contributed by atoms with E-state index < -0.39 is 5.82 Å². The molecule has 3 aromatic rings. The Labute approximate surface area is 289 Å². The quantitative estimate of drug-likeness (QED) is 0.285. The third-order valence-corrected chi connectivity index (χ3v) is 13.6. The highest BCUT2D eigenvalue weighted by atomic mass is 19.1. The van der Waals surface area contributed by atoms with Crippen LogP contribution in [0.25, 0.3) is 10.8 Å². The molecule has 2 heterocycles. The van der Waals surface area contributed by atoms with Gasteiger partial charge in [0.2, 0.25) is 5.91 Å². The van der Waals surface area contributed by atoms with E-state index >= 15 is 0 Å². The lowest BCUT2D eigenvalue weighted by Gasteiger charge is -2.52. The number of H-pyrrole nitrogens is 1. The van der Waals surface area contributed by atoms with Gasteiger partial charge in [0.15, 0.2) is 0 Å². The Balaban J connectivity index is 0.816. The van der Waals surface area contributed by atoms with Crippen LogP contribution in [0, 0.1) is 47.2 Å². The Bertz CT molecular complexity index is 1750. The zero-order valence-corrected chi connectivity index (χ0v) is 28.8. The smallest absolute Gasteiger partial charge is 0.272 e. The summed E-state index contributed by atoms with van der Waals surface area (Å²) in [7, 11) is 0. The van der Waals surface area contributed by atoms with Crippen LogP contribution in [0.15, 0.2) is 47.3 Å². The Morgan fingerprint density at radius 2 is 1.47 bits per heavy atom. The Hall–Kier alpha value is -3.55. The number of nitrogens with one attached hydrogen (secondary N) is 1. The fourth-order valence-electron chi connectivity index (χ4n) is 11.3. The van der Waals surface area contributed by atoms with Crippen LogP contribution in [0.1, 0.15) is 105 Å². The highest BCUT2D eigenvalue weighted by Crippen LogP contribution is 2.59. The number of carbonyl (C=O) groups excluding carboxylic acids is 2. The molecule has 7 atom stereocenters. The van der Waals surface area contributed by atoms with Gasteiger partial charge in [0, 0.05) is 44.4 Å². The van der Waals surface area contributed by atoms with Crippen molar-refractivity contribution in [1.82, 2.24) is 20.0 Å². The first-order valence-electron chi connectivity index (χ1n) is 19.3. The molecule has 1 aliphatic heterocycles. The number of aromatic nitrogens is 2. The molecule has 8 rings (SSSR count). The van der Waals surface area contributed by atoms with E-state index in [2.05, 4.69) is 10.2 Å². The highest BCUT2D eigenvalue weighted by Gasteiger charge is 2.50. The standard InChI is InChI=1S/C41H51FN4O3/c42-37-19-12-26(25-38-34-9-3-4-10-35(34)40(48)44-43-38)24-36(37)41(49)46-22-20-45(21-23-46)39(47)11-5-7-28-13-15-31-30(28)17-18-32-29-8-2-1-6-27(29)14-16-33(31)32/h3-4,9-10,12,19,24,27-33H,1-2,5-8,11,13-18,20-23,25H2,(H,44,48)/t27?,28-,29?,30?,31?,32?,33?/m1/s1. The maximum atomic E-state index is 15.0. The normalized spacial score (nSPS) is 29.7. The lowest BCUT2D eigenvalue weighted by Crippen LogP contribution is -2.50. The van der Waals surface area contributed by atoms with Crippen molar-refractivity contribution in [3.8, 4) is 0 Å². The van der Waals surface area contributed by atoms with Crippen molar-refractivity contribution in [2.24, 2.45) is 41.4 Å². The van der Waals surface area contributed by atoms with Crippen LogP contribution in [0.5, 0.6) is 0 Å². The van der Waals surface area contributed by atoms with Gasteiger partial charge in [-0.3, -0.25) is 14.4 Å². The Kier molecular flexibility index (Phi) is 9.32. The molecule has 5 fully saturated rings. The van der Waals surface area contributed by atoms with Crippen molar-refractivity contribution in [1.29, 1.82) is 0 Å². The van der Waals surface area contributed by atoms with Gasteiger partial charge in [0.1, 0.15) is 5.82 Å². The summed E-state index contributed by atoms with van der Waals surface area (Å²) in [6.07, 6.45) is 17.6. The molecule has 8 heteroatoms. The minimum absolute atomic E-state index is 0.0293. The predicted octanol–water partition coefficient (Wildman–Crippen LogP) is 7.38. The zero-order chi connectivity index (χ0) is 33.5. The second-order valence-electron chi connectivity index (χ2n) is 16.0. The average Bonchev–Trinajstić information content (AvgIpc) is 3.56. The van der Waals surface area contributed by atoms with Crippen molar-refractivity contribution in [3.05, 3.63) is 75.5 Å². The van der Waals surface area contributed by atoms with Crippen LogP contribution in [-0.2, 0) is 11.2 Å². The van der Waals surface area contributed by atoms with Gasteiger partial charge in [-0.2, -0.15) is 5.10 Å². The van der Waals surface area contributed by atoms with Gasteiger partial charge in [-0.1, -0.05) is 43.5 Å². The van der Waals surface area contributed by atoms with Crippen LogP contribution in [0.4, 0.5) is 4.39 Å². The lowest BCUT2D eigenvalue weighted by atomic mass is 9.53. The second kappa shape index (κ2) is 14.0. The Morgan fingerprint density at radius 1 is 0.776 bits per heavy atom. The van der Waals surface area contributed by atoms with E-state index in [1.807, 2.05) is 17.0 Å². The lowest BCUT2D eigenvalue weighted by molar-refractivity contribution is -0.132. The number of benzene rings is 2. The van der Waals surface area contributed by atoms with Gasteiger partial charge in [-0.05, 0) is 123 Å². The summed E-state index contributed by atoms with van der Waals surface area (Å²) in [4.78, 5) is 42.5. The maximum Gasteiger partial charge on any atom is 0.272 e. The van der Waals surface area contributed by atoms with E-state index in [1.54, 1.807) is 29.2 Å². The van der Waals surface area contributed by atoms with E-state index in [0.717, 1.165) is 58.8 Å². The summed E-state index contributed by atoms with van der Waals surface area (Å²) in [6.45, 7) is 1.77. The summed E-state index contributed by atoms with van der Waals surface area (Å²) in [5.74, 6) is 5.94. The average molecular weight is 667 g/mol. The number of rotatable bonds is 7. The first kappa shape index (κ1) is 32.6. The molecule has 0 spiro atoms. The van der Waals surface area contributed by atoms with Gasteiger partial charge in [0.05, 0.1) is 16.6 Å². The second-order valence-corrected chi connectivity index (χ2v) is 16.0. The molecule has 49 heavy (non-hydrogen) atoms. The van der Waals surface area contributed by atoms with Crippen LogP contribution < -0.4 is 5.56 Å². The van der Waals surface area contributed by atoms with Crippen molar-refractivity contribution in [2.75, 3.05) is 26.2 Å². The van der Waals surface area contributed by atoms with E-state index in [-0.39, 0.29) is 22.9 Å². The number of hydrogen-bond acceptors (Lipinski definition) is 4. The SMILES string of the molecule is O=C(CCC[C@@H]1CCC2C3CCC4CCCCC4C3CCC21)N1CCN(C(=O)c2cc(Cc3n[nH]c(=O)c4ccccc34)ccc2F)CC1. The van der Waals surface area contributed by atoms with E-state index in [1.165, 1.54) is 76.7 Å². The summed E-state index contributed by atoms with van der Waals surface area (Å²) in [5, 5.41) is 8.06. The summed E-state index contributed by atoms with van der Waals surface area (Å²) >= 11 is 0. The predicted molar refractivity (Wildman–Crippen MR) is 189 cm³/mol. The fourth-order valence-corrected chi connectivity index (χ4v) is 11.3. The van der Waals surface area contributed by atoms with Gasteiger partial charge >= 0.3 is 0 Å². The molecular weight excluding hydrogens is 615 g/mol. The minimum Gasteiger partial charge on any atom is -0.339 e. The monoisotopic (exact) mass is 666 g/mol. The summed E-state index contributed by atoms with van der Waals surface area (Å²) in [5.41, 5.74) is 1.17. The molecule has 5 aliphatic rings. The van der Waals surface area contributed by atoms with Crippen LogP contribution in [0.3, 0.4) is 0 Å². The molecule has 260 valence electrons. The number of amides is 2. The number of halogens is 1. The number of hydrogen-bond donors (Lipinski definition) is 1. The number of piperazine rings is 1. The molecular formula is C41H51FN4O3. The van der Waals surface area contributed by atoms with Crippen molar-refractivity contribution in [3.63, 3.8) is 0 Å². The zero-order valence-electron chi connectivity index (χ0n) is 28.8. The summed E-state index contributed by atoms with van der Waals surface area (Å²) < 4.78 is 15.0. The Morgan fingerprint density at radius 3 is 2.33 bits per heavy atom. The molecule has 6 unspecified atom stereocenters. The molecule has 0 bridgehead atoms. The van der Waals surface area contributed by atoms with E-state index in [0.29, 0.717) is 50.1 Å². The van der Waals surface area contributed by atoms with Crippen molar-refractivity contribution < 1.29 is 14.0 Å². The van der Waals surface area contributed by atoms with Crippen molar-refractivity contribution in [2.45, 2.75) is 89.9 Å². The molecule has 4 aliphatic carbocycles. The third kappa shape index (κ3) is 6.45. The molecule has 2 aromatic carbocycles. The molecule has 1 N–H and O–H groups in total. The molecule has 1 saturated heterocycles. The van der Waals surface area contributed by atoms with Gasteiger partial charge < -0.3 is 9.80 Å². The van der Waals surface area contributed by atoms with Crippen molar-refractivity contribution >= 4 is 22.6 Å². The van der Waals surface area contributed by atoms with Gasteiger partial charge in [-0.15, -0.1) is 0 Å². The maximum absolute atomic E-state index is 15.0. The van der Waals surface area contributed by atoms with Crippen LogP contribution in [-0.4, -0.2) is 58.0 Å². The van der Waals surface area contributed by atoms with Gasteiger partial charge in [-0.25, -0.2) is 9.49 Å². The van der Waals surface area contributed by atoms with E-state index in [9.17, 15) is 18.8 Å². The molecule has 1 aromatic heterocycles. The largest absolute Gasteiger partial charge is 0.339 e. The van der Waals surface area contributed by atoms with E-state index in [4.69, 9.17) is 0 Å². The number of nitrogens with zero attached hydrogens (tertiary/aromatic N) is 3. The molecule has 2 amide bonds. The van der Waals surface area contributed by atoms with Crippen LogP contribution >= 0.6 is 0 Å². The number of fused-ring (bicyclic) bond motifs is 6. The molecule has 4 saturated carbocycles. The first-order chi connectivity index (χ1) is 23.9. The van der Waals surface area contributed by atoms with Crippen LogP contribution in [0.2, 0.25) is 0 Å². The minimum atomic E-state index is -0.559. The topological polar surface area (TPSA) is 86.4 Å². The molecule has 7 nitrogen and oxygen atoms in total.